The zero-order valence-electron chi connectivity index (χ0n) is 11.3. The van der Waals surface area contributed by atoms with Crippen molar-refractivity contribution in [2.75, 3.05) is 6.61 Å². The highest BCUT2D eigenvalue weighted by molar-refractivity contribution is 5.99. The van der Waals surface area contributed by atoms with Crippen LogP contribution >= 0.6 is 0 Å². The lowest BCUT2D eigenvalue weighted by Crippen LogP contribution is -1.97. The molecule has 0 spiro atoms. The Balaban J connectivity index is 2.47. The topological polar surface area (TPSA) is 9.23 Å². The Morgan fingerprint density at radius 3 is 2.26 bits per heavy atom. The van der Waals surface area contributed by atoms with Crippen LogP contribution < -0.4 is 0 Å². The number of rotatable bonds is 4. The summed E-state index contributed by atoms with van der Waals surface area (Å²) in [5.41, 5.74) is 6.14. The summed E-state index contributed by atoms with van der Waals surface area (Å²) >= 11 is 0. The van der Waals surface area contributed by atoms with Crippen LogP contribution in [0.2, 0.25) is 0 Å². The zero-order chi connectivity index (χ0) is 13.7. The second-order valence-corrected chi connectivity index (χ2v) is 4.92. The normalized spacial score (nSPS) is 11.6. The van der Waals surface area contributed by atoms with Crippen LogP contribution in [-0.2, 0) is 4.43 Å². The fraction of sp³-hybridized carbons (Fsp3) is 0.176. The number of hydrogen-bond acceptors (Lipinski definition) is 1. The average molecular weight is 265 g/mol. The molecule has 0 unspecified atom stereocenters. The van der Waals surface area contributed by atoms with Gasteiger partial charge in [0.05, 0.1) is 6.61 Å². The number of benzene rings is 2. The molecule has 0 aliphatic rings. The van der Waals surface area contributed by atoms with Crippen LogP contribution in [0.15, 0.2) is 48.5 Å². The van der Waals surface area contributed by atoms with Gasteiger partial charge < -0.3 is 4.43 Å². The summed E-state index contributed by atoms with van der Waals surface area (Å²) in [7, 11) is 3.11. The van der Waals surface area contributed by atoms with Crippen LogP contribution in [-0.4, -0.2) is 17.1 Å². The van der Waals surface area contributed by atoms with E-state index in [9.17, 15) is 0 Å². The molecule has 0 aromatic heterocycles. The minimum Gasteiger partial charge on any atom is -0.414 e. The fourth-order valence-electron chi connectivity index (χ4n) is 2.14. The molecule has 2 aromatic rings. The van der Waals surface area contributed by atoms with Crippen LogP contribution in [0.1, 0.15) is 22.3 Å². The van der Waals surface area contributed by atoms with Gasteiger partial charge in [-0.25, -0.2) is 0 Å². The van der Waals surface area contributed by atoms with E-state index >= 15 is 0 Å². The standard InChI is InChI=1S/C17H17OSi/c1-13-7-3-5-9-15(13)11-16(12-18-19)17-10-6-4-8-14(17)2/h3-11H,12H2,1-2H3. The molecule has 0 aliphatic carbocycles. The molecule has 0 N–H and O–H groups in total. The molecule has 0 fully saturated rings. The molecule has 2 heteroatoms. The highest BCUT2D eigenvalue weighted by atomic mass is 28.2. The van der Waals surface area contributed by atoms with Crippen LogP contribution in [0.5, 0.6) is 0 Å². The van der Waals surface area contributed by atoms with Crippen molar-refractivity contribution in [2.24, 2.45) is 0 Å². The van der Waals surface area contributed by atoms with Gasteiger partial charge in [-0.15, -0.1) is 0 Å². The molecule has 0 amide bonds. The fourth-order valence-corrected chi connectivity index (χ4v) is 2.30. The van der Waals surface area contributed by atoms with Gasteiger partial charge in [-0.1, -0.05) is 48.5 Å². The highest BCUT2D eigenvalue weighted by Gasteiger charge is 2.05. The van der Waals surface area contributed by atoms with Crippen molar-refractivity contribution in [3.63, 3.8) is 0 Å². The first-order chi connectivity index (χ1) is 9.22. The van der Waals surface area contributed by atoms with Crippen molar-refractivity contribution in [2.45, 2.75) is 13.8 Å². The predicted octanol–water partition coefficient (Wildman–Crippen LogP) is 3.94. The molecule has 0 saturated carbocycles. The summed E-state index contributed by atoms with van der Waals surface area (Å²) in [5.74, 6) is 0. The van der Waals surface area contributed by atoms with Crippen LogP contribution in [0.25, 0.3) is 11.6 Å². The van der Waals surface area contributed by atoms with E-state index in [1.165, 1.54) is 27.8 Å². The van der Waals surface area contributed by atoms with Gasteiger partial charge in [0.15, 0.2) is 0 Å². The second-order valence-electron chi connectivity index (χ2n) is 4.63. The molecule has 0 aliphatic heterocycles. The predicted molar refractivity (Wildman–Crippen MR) is 81.9 cm³/mol. The molecule has 95 valence electrons. The number of aryl methyl sites for hydroxylation is 2. The van der Waals surface area contributed by atoms with Crippen molar-refractivity contribution in [3.8, 4) is 0 Å². The van der Waals surface area contributed by atoms with E-state index < -0.39 is 0 Å². The molecule has 2 rings (SSSR count). The first-order valence-corrected chi connectivity index (χ1v) is 6.74. The van der Waals surface area contributed by atoms with Crippen molar-refractivity contribution in [1.82, 2.24) is 0 Å². The molecular formula is C17H17OSi. The van der Waals surface area contributed by atoms with Gasteiger partial charge in [0, 0.05) is 0 Å². The Morgan fingerprint density at radius 1 is 1.00 bits per heavy atom. The maximum atomic E-state index is 5.16. The van der Waals surface area contributed by atoms with Crippen molar-refractivity contribution >= 4 is 22.1 Å². The molecule has 2 aromatic carbocycles. The lowest BCUT2D eigenvalue weighted by atomic mass is 9.98. The van der Waals surface area contributed by atoms with Gasteiger partial charge in [-0.05, 0) is 47.8 Å². The average Bonchev–Trinajstić information content (AvgIpc) is 2.41. The Labute approximate surface area is 118 Å². The van der Waals surface area contributed by atoms with Crippen molar-refractivity contribution in [3.05, 3.63) is 70.8 Å². The smallest absolute Gasteiger partial charge is 0.246 e. The number of hydrogen-bond donors (Lipinski definition) is 0. The van der Waals surface area contributed by atoms with Crippen molar-refractivity contribution in [1.29, 1.82) is 0 Å². The zero-order valence-corrected chi connectivity index (χ0v) is 12.3. The third-order valence-corrected chi connectivity index (χ3v) is 3.38. The largest absolute Gasteiger partial charge is 0.414 e. The summed E-state index contributed by atoms with van der Waals surface area (Å²) in [6, 6.07) is 16.7. The Hall–Kier alpha value is -1.64. The Morgan fingerprint density at radius 2 is 1.63 bits per heavy atom. The monoisotopic (exact) mass is 265 g/mol. The third-order valence-electron chi connectivity index (χ3n) is 3.24. The van der Waals surface area contributed by atoms with E-state index in [-0.39, 0.29) is 0 Å². The lowest BCUT2D eigenvalue weighted by Gasteiger charge is -2.11. The van der Waals surface area contributed by atoms with E-state index in [0.717, 1.165) is 0 Å². The SMILES string of the molecule is Cc1ccccc1C=C(CO[Si])c1ccccc1C. The molecule has 0 heterocycles. The molecule has 19 heavy (non-hydrogen) atoms. The Bertz CT molecular complexity index is 587. The summed E-state index contributed by atoms with van der Waals surface area (Å²) in [6.45, 7) is 4.78. The third kappa shape index (κ3) is 3.43. The van der Waals surface area contributed by atoms with Gasteiger partial charge >= 0.3 is 0 Å². The summed E-state index contributed by atoms with van der Waals surface area (Å²) in [5, 5.41) is 0. The van der Waals surface area contributed by atoms with Gasteiger partial charge in [0.1, 0.15) is 0 Å². The van der Waals surface area contributed by atoms with Gasteiger partial charge in [0.25, 0.3) is 0 Å². The summed E-state index contributed by atoms with van der Waals surface area (Å²) in [6.07, 6.45) is 2.19. The molecule has 3 radical (unpaired) electrons. The minimum atomic E-state index is 0.538. The molecule has 0 saturated heterocycles. The maximum Gasteiger partial charge on any atom is 0.246 e. The summed E-state index contributed by atoms with van der Waals surface area (Å²) in [4.78, 5) is 0. The highest BCUT2D eigenvalue weighted by Crippen LogP contribution is 2.23. The Kier molecular flexibility index (Phi) is 4.72. The van der Waals surface area contributed by atoms with E-state index in [0.29, 0.717) is 6.61 Å². The van der Waals surface area contributed by atoms with E-state index in [1.807, 2.05) is 0 Å². The van der Waals surface area contributed by atoms with Crippen LogP contribution in [0, 0.1) is 13.8 Å². The van der Waals surface area contributed by atoms with Gasteiger partial charge in [0.2, 0.25) is 10.5 Å². The van der Waals surface area contributed by atoms with E-state index in [1.54, 1.807) is 0 Å². The molecule has 0 atom stereocenters. The lowest BCUT2D eigenvalue weighted by molar-refractivity contribution is 0.410. The first kappa shape index (κ1) is 13.8. The quantitative estimate of drug-likeness (QED) is 0.601. The van der Waals surface area contributed by atoms with E-state index in [4.69, 9.17) is 4.43 Å². The van der Waals surface area contributed by atoms with Gasteiger partial charge in [-0.2, -0.15) is 0 Å². The van der Waals surface area contributed by atoms with Crippen molar-refractivity contribution < 1.29 is 4.43 Å². The van der Waals surface area contributed by atoms with Gasteiger partial charge in [-0.3, -0.25) is 0 Å². The maximum absolute atomic E-state index is 5.16. The minimum absolute atomic E-state index is 0.538. The molecule has 1 nitrogen and oxygen atoms in total. The summed E-state index contributed by atoms with van der Waals surface area (Å²) < 4.78 is 5.16. The second kappa shape index (κ2) is 6.50. The molecular weight excluding hydrogens is 248 g/mol. The van der Waals surface area contributed by atoms with E-state index in [2.05, 4.69) is 78.9 Å². The van der Waals surface area contributed by atoms with Crippen LogP contribution in [0.3, 0.4) is 0 Å². The van der Waals surface area contributed by atoms with Crippen LogP contribution in [0.4, 0.5) is 0 Å². The first-order valence-electron chi connectivity index (χ1n) is 6.33. The molecule has 0 bridgehead atoms.